The molecule has 34 heavy (non-hydrogen) atoms. The Morgan fingerprint density at radius 3 is 1.85 bits per heavy atom. The Balaban J connectivity index is 1.89. The van der Waals surface area contributed by atoms with Crippen LogP contribution < -0.4 is 0 Å². The average molecular weight is 475 g/mol. The van der Waals surface area contributed by atoms with Crippen molar-refractivity contribution in [3.05, 3.63) is 114 Å². The first kappa shape index (κ1) is 23.5. The van der Waals surface area contributed by atoms with Crippen molar-refractivity contribution in [1.29, 1.82) is 0 Å². The number of hydrogen-bond donors (Lipinski definition) is 3. The Labute approximate surface area is 199 Å². The van der Waals surface area contributed by atoms with Crippen LogP contribution in [0.4, 0.5) is 0 Å². The predicted octanol–water partition coefficient (Wildman–Crippen LogP) is 6.34. The van der Waals surface area contributed by atoms with Gasteiger partial charge in [-0.05, 0) is 58.9 Å². The zero-order chi connectivity index (χ0) is 24.3. The van der Waals surface area contributed by atoms with Gasteiger partial charge in [0, 0.05) is 11.5 Å². The van der Waals surface area contributed by atoms with Gasteiger partial charge in [-0.25, -0.2) is 0 Å². The predicted molar refractivity (Wildman–Crippen MR) is 133 cm³/mol. The van der Waals surface area contributed by atoms with E-state index in [1.54, 1.807) is 18.2 Å². The fraction of sp³-hybridized carbons (Fsp3) is 0.143. The molecule has 0 saturated carbocycles. The van der Waals surface area contributed by atoms with Crippen LogP contribution in [-0.4, -0.2) is 23.2 Å². The number of aromatic hydroxyl groups is 2. The van der Waals surface area contributed by atoms with Crippen LogP contribution in [-0.2, 0) is 10.1 Å². The van der Waals surface area contributed by atoms with Crippen LogP contribution >= 0.6 is 0 Å². The van der Waals surface area contributed by atoms with Crippen LogP contribution in [0.25, 0.3) is 11.1 Å². The van der Waals surface area contributed by atoms with Crippen molar-refractivity contribution < 1.29 is 23.2 Å². The van der Waals surface area contributed by atoms with Crippen LogP contribution in [0.5, 0.6) is 11.5 Å². The molecule has 0 fully saturated rings. The summed E-state index contributed by atoms with van der Waals surface area (Å²) in [6, 6.07) is 29.0. The van der Waals surface area contributed by atoms with Crippen LogP contribution in [0.2, 0.25) is 0 Å². The molecule has 0 aliphatic carbocycles. The Morgan fingerprint density at radius 1 is 0.735 bits per heavy atom. The van der Waals surface area contributed by atoms with Gasteiger partial charge in [-0.3, -0.25) is 4.55 Å². The van der Waals surface area contributed by atoms with Crippen LogP contribution in [0.15, 0.2) is 102 Å². The molecule has 6 heteroatoms. The van der Waals surface area contributed by atoms with E-state index in [0.717, 1.165) is 11.1 Å². The highest BCUT2D eigenvalue weighted by Crippen LogP contribution is 2.42. The zero-order valence-corrected chi connectivity index (χ0v) is 19.5. The molecule has 0 heterocycles. The molecule has 4 aromatic rings. The van der Waals surface area contributed by atoms with E-state index in [0.29, 0.717) is 17.5 Å². The Kier molecular flexibility index (Phi) is 6.72. The van der Waals surface area contributed by atoms with Crippen LogP contribution in [0.3, 0.4) is 0 Å². The van der Waals surface area contributed by atoms with Gasteiger partial charge in [0.15, 0.2) is 0 Å². The van der Waals surface area contributed by atoms with Crippen molar-refractivity contribution in [1.82, 2.24) is 0 Å². The lowest BCUT2D eigenvalue weighted by atomic mass is 9.81. The second-order valence-corrected chi connectivity index (χ2v) is 9.84. The summed E-state index contributed by atoms with van der Waals surface area (Å²) < 4.78 is 34.3. The lowest BCUT2D eigenvalue weighted by Crippen LogP contribution is -2.09. The molecule has 0 radical (unpaired) electrons. The maximum absolute atomic E-state index is 12.2. The standard InChI is InChI=1S/C28H26O5S/c1-19(20-8-4-2-5-9-20)16-25(21-10-6-3-7-11-21)23-17-26(22-12-14-24(29)15-13-22)28(30)27(18-23)34(31,32)33/h2-15,17-19,25,29-30H,16H2,1H3,(H,31,32,33). The third-order valence-electron chi connectivity index (χ3n) is 6.12. The highest BCUT2D eigenvalue weighted by molar-refractivity contribution is 7.86. The number of phenols is 2. The van der Waals surface area contributed by atoms with E-state index in [9.17, 15) is 23.2 Å². The topological polar surface area (TPSA) is 94.8 Å². The molecule has 3 N–H and O–H groups in total. The van der Waals surface area contributed by atoms with Gasteiger partial charge in [0.25, 0.3) is 10.1 Å². The molecule has 0 aliphatic rings. The van der Waals surface area contributed by atoms with Crippen molar-refractivity contribution in [3.63, 3.8) is 0 Å². The fourth-order valence-electron chi connectivity index (χ4n) is 4.31. The minimum absolute atomic E-state index is 0.0493. The van der Waals surface area contributed by atoms with Crippen molar-refractivity contribution in [2.45, 2.75) is 30.1 Å². The Hall–Kier alpha value is -3.61. The summed E-state index contributed by atoms with van der Waals surface area (Å²) in [5.41, 5.74) is 3.59. The van der Waals surface area contributed by atoms with E-state index in [1.807, 2.05) is 48.5 Å². The van der Waals surface area contributed by atoms with E-state index in [1.165, 1.54) is 18.2 Å². The van der Waals surface area contributed by atoms with Gasteiger partial charge in [-0.15, -0.1) is 0 Å². The molecule has 0 saturated heterocycles. The van der Waals surface area contributed by atoms with E-state index >= 15 is 0 Å². The molecule has 2 unspecified atom stereocenters. The van der Waals surface area contributed by atoms with Gasteiger partial charge in [-0.1, -0.05) is 79.7 Å². The van der Waals surface area contributed by atoms with Crippen LogP contribution in [0.1, 0.15) is 41.9 Å². The van der Waals surface area contributed by atoms with Crippen molar-refractivity contribution >= 4 is 10.1 Å². The fourth-order valence-corrected chi connectivity index (χ4v) is 4.95. The molecule has 0 aliphatic heterocycles. The Bertz CT molecular complexity index is 1370. The Morgan fingerprint density at radius 2 is 1.29 bits per heavy atom. The monoisotopic (exact) mass is 474 g/mol. The molecule has 0 amide bonds. The number of hydrogen-bond acceptors (Lipinski definition) is 4. The average Bonchev–Trinajstić information content (AvgIpc) is 2.84. The smallest absolute Gasteiger partial charge is 0.298 e. The third-order valence-corrected chi connectivity index (χ3v) is 6.98. The number of benzene rings is 4. The third kappa shape index (κ3) is 5.14. The molecule has 4 aromatic carbocycles. The van der Waals surface area contributed by atoms with Gasteiger partial charge < -0.3 is 10.2 Å². The molecule has 0 bridgehead atoms. The van der Waals surface area contributed by atoms with Gasteiger partial charge in [0.1, 0.15) is 16.4 Å². The largest absolute Gasteiger partial charge is 0.508 e. The summed E-state index contributed by atoms with van der Waals surface area (Å²) in [4.78, 5) is -0.540. The maximum atomic E-state index is 12.2. The number of rotatable bonds is 7. The van der Waals surface area contributed by atoms with Crippen molar-refractivity contribution in [3.8, 4) is 22.6 Å². The minimum Gasteiger partial charge on any atom is -0.508 e. The summed E-state index contributed by atoms with van der Waals surface area (Å²) >= 11 is 0. The lowest BCUT2D eigenvalue weighted by Gasteiger charge is -2.24. The molecule has 5 nitrogen and oxygen atoms in total. The maximum Gasteiger partial charge on any atom is 0.298 e. The van der Waals surface area contributed by atoms with Gasteiger partial charge in [0.2, 0.25) is 0 Å². The van der Waals surface area contributed by atoms with E-state index in [4.69, 9.17) is 0 Å². The summed E-state index contributed by atoms with van der Waals surface area (Å²) in [7, 11) is -4.69. The van der Waals surface area contributed by atoms with Gasteiger partial charge in [0.05, 0.1) is 0 Å². The first-order valence-electron chi connectivity index (χ1n) is 11.0. The van der Waals surface area contributed by atoms with E-state index < -0.39 is 20.8 Å². The summed E-state index contributed by atoms with van der Waals surface area (Å²) in [6.45, 7) is 2.12. The van der Waals surface area contributed by atoms with E-state index in [2.05, 4.69) is 19.1 Å². The molecule has 2 atom stereocenters. The van der Waals surface area contributed by atoms with E-state index in [-0.39, 0.29) is 23.1 Å². The SMILES string of the molecule is CC(CC(c1ccccc1)c1cc(-c2ccc(O)cc2)c(O)c(S(=O)(=O)O)c1)c1ccccc1. The van der Waals surface area contributed by atoms with Crippen molar-refractivity contribution in [2.24, 2.45) is 0 Å². The quantitative estimate of drug-likeness (QED) is 0.272. The van der Waals surface area contributed by atoms with Gasteiger partial charge >= 0.3 is 0 Å². The van der Waals surface area contributed by atoms with Crippen molar-refractivity contribution in [2.75, 3.05) is 0 Å². The normalized spacial score (nSPS) is 13.4. The highest BCUT2D eigenvalue weighted by Gasteiger charge is 2.26. The molecule has 4 rings (SSSR count). The zero-order valence-electron chi connectivity index (χ0n) is 18.7. The first-order chi connectivity index (χ1) is 16.2. The molecule has 0 spiro atoms. The molecular formula is C28H26O5S. The summed E-state index contributed by atoms with van der Waals surface area (Å²) in [6.07, 6.45) is 0.679. The molecular weight excluding hydrogens is 448 g/mol. The summed E-state index contributed by atoms with van der Waals surface area (Å²) in [5.74, 6) is -0.520. The number of phenolic OH excluding ortho intramolecular Hbond substituents is 2. The molecule has 174 valence electrons. The summed E-state index contributed by atoms with van der Waals surface area (Å²) in [5, 5.41) is 20.4. The van der Waals surface area contributed by atoms with Crippen LogP contribution in [0, 0.1) is 0 Å². The lowest BCUT2D eigenvalue weighted by molar-refractivity contribution is 0.444. The minimum atomic E-state index is -4.69. The highest BCUT2D eigenvalue weighted by atomic mass is 32.2. The molecule has 0 aromatic heterocycles. The first-order valence-corrected chi connectivity index (χ1v) is 12.4. The second kappa shape index (κ2) is 9.71. The van der Waals surface area contributed by atoms with Gasteiger partial charge in [-0.2, -0.15) is 8.42 Å². The second-order valence-electron chi connectivity index (χ2n) is 8.45.